The molecule has 0 fully saturated rings. The zero-order valence-corrected chi connectivity index (χ0v) is 12.0. The van der Waals surface area contributed by atoms with Gasteiger partial charge in [0.25, 0.3) is 5.56 Å². The Morgan fingerprint density at radius 3 is 2.57 bits per heavy atom. The van der Waals surface area contributed by atoms with E-state index in [1.807, 2.05) is 24.3 Å². The minimum absolute atomic E-state index is 0.0550. The van der Waals surface area contributed by atoms with Crippen LogP contribution < -0.4 is 16.6 Å². The van der Waals surface area contributed by atoms with Gasteiger partial charge in [-0.15, -0.1) is 0 Å². The van der Waals surface area contributed by atoms with Gasteiger partial charge in [0.15, 0.2) is 0 Å². The van der Waals surface area contributed by atoms with Crippen LogP contribution in [0.2, 0.25) is 0 Å². The molecule has 0 saturated heterocycles. The van der Waals surface area contributed by atoms with Crippen LogP contribution in [0.3, 0.4) is 0 Å². The fourth-order valence-electron chi connectivity index (χ4n) is 2.07. The maximum absolute atomic E-state index is 11.9. The van der Waals surface area contributed by atoms with Gasteiger partial charge in [0, 0.05) is 23.6 Å². The number of pyridine rings is 1. The predicted octanol–water partition coefficient (Wildman–Crippen LogP) is 2.02. The van der Waals surface area contributed by atoms with Gasteiger partial charge in [-0.2, -0.15) is 0 Å². The van der Waals surface area contributed by atoms with E-state index in [0.717, 1.165) is 18.5 Å². The summed E-state index contributed by atoms with van der Waals surface area (Å²) in [7, 11) is 0. The molecule has 5 nitrogen and oxygen atoms in total. The number of carbonyl (C=O) groups excluding carboxylic acids is 1. The van der Waals surface area contributed by atoms with Gasteiger partial charge in [0.1, 0.15) is 6.54 Å². The Labute approximate surface area is 123 Å². The molecule has 21 heavy (non-hydrogen) atoms. The van der Waals surface area contributed by atoms with Gasteiger partial charge in [0.2, 0.25) is 5.91 Å². The lowest BCUT2D eigenvalue weighted by molar-refractivity contribution is -0.116. The van der Waals surface area contributed by atoms with Crippen LogP contribution >= 0.6 is 0 Å². The third kappa shape index (κ3) is 4.21. The van der Waals surface area contributed by atoms with Crippen molar-refractivity contribution in [3.05, 3.63) is 58.5 Å². The maximum atomic E-state index is 11.9. The zero-order valence-electron chi connectivity index (χ0n) is 12.0. The molecule has 3 N–H and O–H groups in total. The molecule has 0 unspecified atom stereocenters. The van der Waals surface area contributed by atoms with Crippen LogP contribution in [0.15, 0.2) is 47.4 Å². The Kier molecular flexibility index (Phi) is 4.77. The molecule has 0 bridgehead atoms. The van der Waals surface area contributed by atoms with Crippen molar-refractivity contribution in [1.29, 1.82) is 0 Å². The molecule has 0 aliphatic heterocycles. The van der Waals surface area contributed by atoms with E-state index in [0.29, 0.717) is 5.69 Å². The van der Waals surface area contributed by atoms with Gasteiger partial charge < -0.3 is 15.6 Å². The van der Waals surface area contributed by atoms with Crippen LogP contribution in [0.5, 0.6) is 0 Å². The Morgan fingerprint density at radius 1 is 1.19 bits per heavy atom. The molecule has 5 heteroatoms. The van der Waals surface area contributed by atoms with Crippen LogP contribution in [0.1, 0.15) is 18.9 Å². The molecule has 1 aromatic carbocycles. The molecule has 1 amide bonds. The Hall–Kier alpha value is -2.56. The van der Waals surface area contributed by atoms with E-state index in [1.54, 1.807) is 0 Å². The molecule has 2 rings (SSSR count). The number of hydrogen-bond donors (Lipinski definition) is 2. The summed E-state index contributed by atoms with van der Waals surface area (Å²) in [5.74, 6) is -0.258. The molecule has 1 aromatic heterocycles. The number of rotatable bonds is 5. The number of carbonyl (C=O) groups is 1. The van der Waals surface area contributed by atoms with Crippen molar-refractivity contribution in [3.63, 3.8) is 0 Å². The number of aryl methyl sites for hydroxylation is 1. The van der Waals surface area contributed by atoms with Crippen molar-refractivity contribution in [2.75, 3.05) is 11.1 Å². The molecule has 2 aromatic rings. The summed E-state index contributed by atoms with van der Waals surface area (Å²) in [6.07, 6.45) is 3.57. The number of anilines is 2. The van der Waals surface area contributed by atoms with Gasteiger partial charge in [-0.25, -0.2) is 0 Å². The molecule has 0 saturated carbocycles. The first-order valence-corrected chi connectivity index (χ1v) is 6.93. The van der Waals surface area contributed by atoms with Crippen LogP contribution in [-0.2, 0) is 17.8 Å². The van der Waals surface area contributed by atoms with Gasteiger partial charge in [-0.3, -0.25) is 9.59 Å². The highest BCUT2D eigenvalue weighted by Gasteiger charge is 2.05. The lowest BCUT2D eigenvalue weighted by atomic mass is 10.1. The van der Waals surface area contributed by atoms with E-state index in [4.69, 9.17) is 5.73 Å². The quantitative estimate of drug-likeness (QED) is 0.882. The fourth-order valence-corrected chi connectivity index (χ4v) is 2.07. The monoisotopic (exact) mass is 285 g/mol. The van der Waals surface area contributed by atoms with Crippen molar-refractivity contribution in [2.24, 2.45) is 0 Å². The first-order valence-electron chi connectivity index (χ1n) is 6.93. The number of amides is 1. The Balaban J connectivity index is 2.01. The van der Waals surface area contributed by atoms with E-state index >= 15 is 0 Å². The average Bonchev–Trinajstić information content (AvgIpc) is 2.45. The van der Waals surface area contributed by atoms with Crippen molar-refractivity contribution >= 4 is 17.3 Å². The first-order chi connectivity index (χ1) is 10.1. The van der Waals surface area contributed by atoms with E-state index in [1.165, 1.54) is 28.5 Å². The van der Waals surface area contributed by atoms with Gasteiger partial charge in [-0.05, 0) is 30.2 Å². The summed E-state index contributed by atoms with van der Waals surface area (Å²) < 4.78 is 1.29. The second kappa shape index (κ2) is 6.74. The van der Waals surface area contributed by atoms with Crippen molar-refractivity contribution in [2.45, 2.75) is 26.3 Å². The number of nitrogen functional groups attached to an aromatic ring is 1. The van der Waals surface area contributed by atoms with Crippen LogP contribution in [0, 0.1) is 0 Å². The summed E-state index contributed by atoms with van der Waals surface area (Å²) in [6.45, 7) is 2.07. The standard InChI is InChI=1S/C16H19N3O2/c1-2-3-12-4-7-14(8-5-12)18-15(20)11-19-10-13(17)6-9-16(19)21/h4-10H,2-3,11,17H2,1H3,(H,18,20). The fraction of sp³-hybridized carbons (Fsp3) is 0.250. The Bertz CT molecular complexity index is 675. The highest BCUT2D eigenvalue weighted by molar-refractivity contribution is 5.90. The summed E-state index contributed by atoms with van der Waals surface area (Å²) >= 11 is 0. The SMILES string of the molecule is CCCc1ccc(NC(=O)Cn2cc(N)ccc2=O)cc1. The zero-order chi connectivity index (χ0) is 15.2. The first kappa shape index (κ1) is 14.8. The molecule has 0 radical (unpaired) electrons. The van der Waals surface area contributed by atoms with Gasteiger partial charge in [0.05, 0.1) is 0 Å². The molecular formula is C16H19N3O2. The lowest BCUT2D eigenvalue weighted by Crippen LogP contribution is -2.27. The highest BCUT2D eigenvalue weighted by atomic mass is 16.2. The third-order valence-corrected chi connectivity index (χ3v) is 3.10. The third-order valence-electron chi connectivity index (χ3n) is 3.10. The highest BCUT2D eigenvalue weighted by Crippen LogP contribution is 2.11. The second-order valence-electron chi connectivity index (χ2n) is 4.92. The topological polar surface area (TPSA) is 77.1 Å². The summed E-state index contributed by atoms with van der Waals surface area (Å²) in [5, 5.41) is 2.77. The van der Waals surface area contributed by atoms with Crippen molar-refractivity contribution in [3.8, 4) is 0 Å². The normalized spacial score (nSPS) is 10.3. The van der Waals surface area contributed by atoms with Crippen molar-refractivity contribution < 1.29 is 4.79 Å². The van der Waals surface area contributed by atoms with E-state index in [9.17, 15) is 9.59 Å². The molecule has 0 aliphatic rings. The second-order valence-corrected chi connectivity index (χ2v) is 4.92. The summed E-state index contributed by atoms with van der Waals surface area (Å²) in [4.78, 5) is 23.5. The minimum atomic E-state index is -0.258. The minimum Gasteiger partial charge on any atom is -0.398 e. The maximum Gasteiger partial charge on any atom is 0.251 e. The summed E-state index contributed by atoms with van der Waals surface area (Å²) in [5.41, 5.74) is 7.77. The van der Waals surface area contributed by atoms with Crippen LogP contribution in [0.25, 0.3) is 0 Å². The Morgan fingerprint density at radius 2 is 1.90 bits per heavy atom. The van der Waals surface area contributed by atoms with E-state index in [-0.39, 0.29) is 18.0 Å². The number of aromatic nitrogens is 1. The van der Waals surface area contributed by atoms with Crippen LogP contribution in [0.4, 0.5) is 11.4 Å². The molecule has 0 atom stereocenters. The number of hydrogen-bond acceptors (Lipinski definition) is 3. The predicted molar refractivity (Wildman–Crippen MR) is 84.2 cm³/mol. The summed E-state index contributed by atoms with van der Waals surface area (Å²) in [6, 6.07) is 10.6. The smallest absolute Gasteiger partial charge is 0.251 e. The number of benzene rings is 1. The van der Waals surface area contributed by atoms with E-state index in [2.05, 4.69) is 12.2 Å². The van der Waals surface area contributed by atoms with Crippen LogP contribution in [-0.4, -0.2) is 10.5 Å². The largest absolute Gasteiger partial charge is 0.398 e. The molecular weight excluding hydrogens is 266 g/mol. The number of nitrogens with two attached hydrogens (primary N) is 1. The van der Waals surface area contributed by atoms with Crippen molar-refractivity contribution in [1.82, 2.24) is 4.57 Å². The van der Waals surface area contributed by atoms with Gasteiger partial charge >= 0.3 is 0 Å². The average molecular weight is 285 g/mol. The molecule has 0 spiro atoms. The molecule has 0 aliphatic carbocycles. The lowest BCUT2D eigenvalue weighted by Gasteiger charge is -2.08. The molecule has 110 valence electrons. The van der Waals surface area contributed by atoms with E-state index < -0.39 is 0 Å². The number of nitrogens with one attached hydrogen (secondary N) is 1. The van der Waals surface area contributed by atoms with Gasteiger partial charge in [-0.1, -0.05) is 25.5 Å². The number of nitrogens with zero attached hydrogens (tertiary/aromatic N) is 1. The molecule has 1 heterocycles.